The largest absolute Gasteiger partial charge is 0.393 e. The van der Waals surface area contributed by atoms with Crippen LogP contribution >= 0.6 is 0 Å². The van der Waals surface area contributed by atoms with Gasteiger partial charge in [0.2, 0.25) is 0 Å². The van der Waals surface area contributed by atoms with E-state index in [-0.39, 0.29) is 17.4 Å². The highest BCUT2D eigenvalue weighted by Crippen LogP contribution is 2.68. The lowest BCUT2D eigenvalue weighted by Gasteiger charge is -2.62. The number of hydrogen-bond acceptors (Lipinski definition) is 3. The summed E-state index contributed by atoms with van der Waals surface area (Å²) in [7, 11) is 0. The topological polar surface area (TPSA) is 60.7 Å². The highest BCUT2D eigenvalue weighted by molar-refractivity contribution is 5.13. The number of rotatable bonds is 4. The molecule has 0 aliphatic heterocycles. The maximum atomic E-state index is 11.2. The smallest absolute Gasteiger partial charge is 0.0804 e. The summed E-state index contributed by atoms with van der Waals surface area (Å²) in [6.45, 7) is 11.9. The summed E-state index contributed by atoms with van der Waals surface area (Å²) in [5.41, 5.74) is 0.335. The molecule has 0 unspecified atom stereocenters. The average Bonchev–Trinajstić information content (AvgIpc) is 3.01. The minimum Gasteiger partial charge on any atom is -0.393 e. The van der Waals surface area contributed by atoms with Crippen LogP contribution in [0.4, 0.5) is 0 Å². The quantitative estimate of drug-likeness (QED) is 0.551. The number of fused-ring (bicyclic) bond motifs is 5. The molecule has 0 bridgehead atoms. The zero-order valence-electron chi connectivity index (χ0n) is 19.9. The molecule has 4 aliphatic carbocycles. The Hall–Kier alpha value is -0.380. The Morgan fingerprint density at radius 3 is 2.23 bits per heavy atom. The van der Waals surface area contributed by atoms with Crippen molar-refractivity contribution in [2.24, 2.45) is 52.3 Å². The lowest BCUT2D eigenvalue weighted by Crippen LogP contribution is -2.60. The van der Waals surface area contributed by atoms with Crippen LogP contribution in [0, 0.1) is 52.3 Å². The first-order chi connectivity index (χ1) is 14.1. The second-order valence-corrected chi connectivity index (χ2v) is 12.5. The molecule has 0 heterocycles. The fraction of sp³-hybridized carbons (Fsp3) is 0.926. The summed E-state index contributed by atoms with van der Waals surface area (Å²) >= 11 is 0. The van der Waals surface area contributed by atoms with Gasteiger partial charge in [-0.3, -0.25) is 0 Å². The SMILES string of the molecule is CC(C)C/C=C/[C@@H](C)[C@H]1CC[C@H]2[C@@H]3C[C@H](O)[C@H]4C[C@H](O)[C@@H](O)C[C@]4(C)[C@H]3CC[C@]12C. The van der Waals surface area contributed by atoms with Crippen molar-refractivity contribution < 1.29 is 15.3 Å². The van der Waals surface area contributed by atoms with Crippen LogP contribution in [0.1, 0.15) is 86.0 Å². The van der Waals surface area contributed by atoms with Crippen molar-refractivity contribution >= 4 is 0 Å². The van der Waals surface area contributed by atoms with Gasteiger partial charge in [-0.25, -0.2) is 0 Å². The van der Waals surface area contributed by atoms with Gasteiger partial charge in [-0.15, -0.1) is 0 Å². The van der Waals surface area contributed by atoms with Crippen LogP contribution in [0.5, 0.6) is 0 Å². The van der Waals surface area contributed by atoms with E-state index in [1.54, 1.807) is 0 Å². The standard InChI is InChI=1S/C27H46O3/c1-16(2)7-6-8-17(3)19-9-10-20-18-13-23(28)22-14-24(29)25(30)15-27(22,5)21(18)11-12-26(19,20)4/h6,8,16-25,28-30H,7,9-15H2,1-5H3/b8-6+/t17-,18+,19-,20+,21+,22-,23+,24+,25+,26-,27-/m1/s1. The van der Waals surface area contributed by atoms with Gasteiger partial charge in [-0.2, -0.15) is 0 Å². The molecule has 172 valence electrons. The molecule has 3 heteroatoms. The van der Waals surface area contributed by atoms with Crippen molar-refractivity contribution in [1.82, 2.24) is 0 Å². The molecule has 0 aromatic carbocycles. The molecule has 0 radical (unpaired) electrons. The van der Waals surface area contributed by atoms with Gasteiger partial charge >= 0.3 is 0 Å². The van der Waals surface area contributed by atoms with E-state index in [2.05, 4.69) is 46.8 Å². The van der Waals surface area contributed by atoms with E-state index < -0.39 is 12.2 Å². The Bertz CT molecular complexity index is 644. The molecule has 3 nitrogen and oxygen atoms in total. The summed E-state index contributed by atoms with van der Waals surface area (Å²) in [6.07, 6.45) is 11.6. The Kier molecular flexibility index (Phi) is 6.23. The highest BCUT2D eigenvalue weighted by atomic mass is 16.3. The van der Waals surface area contributed by atoms with Crippen LogP contribution in [0.2, 0.25) is 0 Å². The van der Waals surface area contributed by atoms with Gasteiger partial charge < -0.3 is 15.3 Å². The van der Waals surface area contributed by atoms with Crippen molar-refractivity contribution in [3.8, 4) is 0 Å². The molecule has 3 N–H and O–H groups in total. The van der Waals surface area contributed by atoms with E-state index in [1.165, 1.54) is 32.1 Å². The monoisotopic (exact) mass is 418 g/mol. The lowest BCUT2D eigenvalue weighted by molar-refractivity contribution is -0.195. The minimum absolute atomic E-state index is 0.0385. The fourth-order valence-electron chi connectivity index (χ4n) is 8.93. The predicted octanol–water partition coefficient (Wildman–Crippen LogP) is 5.19. The zero-order valence-corrected chi connectivity index (χ0v) is 19.9. The first-order valence-corrected chi connectivity index (χ1v) is 12.8. The summed E-state index contributed by atoms with van der Waals surface area (Å²) in [5.74, 6) is 4.07. The molecule has 4 rings (SSSR count). The van der Waals surface area contributed by atoms with Gasteiger partial charge in [0.15, 0.2) is 0 Å². The second kappa shape index (κ2) is 8.19. The minimum atomic E-state index is -0.669. The summed E-state index contributed by atoms with van der Waals surface area (Å²) in [5, 5.41) is 31.9. The van der Waals surface area contributed by atoms with E-state index in [0.29, 0.717) is 41.9 Å². The maximum Gasteiger partial charge on any atom is 0.0804 e. The Morgan fingerprint density at radius 2 is 1.53 bits per heavy atom. The first-order valence-electron chi connectivity index (χ1n) is 12.8. The maximum absolute atomic E-state index is 11.2. The van der Waals surface area contributed by atoms with Gasteiger partial charge in [0.1, 0.15) is 0 Å². The predicted molar refractivity (Wildman–Crippen MR) is 122 cm³/mol. The Balaban J connectivity index is 1.55. The van der Waals surface area contributed by atoms with Crippen LogP contribution in [-0.4, -0.2) is 33.6 Å². The van der Waals surface area contributed by atoms with E-state index in [0.717, 1.165) is 18.3 Å². The lowest BCUT2D eigenvalue weighted by atomic mass is 9.43. The number of aliphatic hydroxyl groups is 3. The molecular formula is C27H46O3. The van der Waals surface area contributed by atoms with Crippen LogP contribution in [0.15, 0.2) is 12.2 Å². The molecule has 11 atom stereocenters. The first kappa shape index (κ1) is 22.8. The van der Waals surface area contributed by atoms with Crippen molar-refractivity contribution in [1.29, 1.82) is 0 Å². The normalized spacial score (nSPS) is 52.2. The molecule has 0 spiro atoms. The van der Waals surface area contributed by atoms with Crippen LogP contribution in [0.3, 0.4) is 0 Å². The van der Waals surface area contributed by atoms with E-state index in [4.69, 9.17) is 0 Å². The molecule has 4 fully saturated rings. The van der Waals surface area contributed by atoms with Crippen LogP contribution in [0.25, 0.3) is 0 Å². The van der Waals surface area contributed by atoms with Gasteiger partial charge in [0.25, 0.3) is 0 Å². The third-order valence-corrected chi connectivity index (χ3v) is 10.5. The second-order valence-electron chi connectivity index (χ2n) is 12.5. The molecule has 30 heavy (non-hydrogen) atoms. The van der Waals surface area contributed by atoms with Crippen LogP contribution < -0.4 is 0 Å². The average molecular weight is 419 g/mol. The van der Waals surface area contributed by atoms with Crippen molar-refractivity contribution in [3.05, 3.63) is 12.2 Å². The van der Waals surface area contributed by atoms with Crippen LogP contribution in [-0.2, 0) is 0 Å². The number of allylic oxidation sites excluding steroid dienone is 2. The van der Waals surface area contributed by atoms with Gasteiger partial charge in [0, 0.05) is 0 Å². The third-order valence-electron chi connectivity index (χ3n) is 10.5. The van der Waals surface area contributed by atoms with E-state index in [9.17, 15) is 15.3 Å². The van der Waals surface area contributed by atoms with E-state index in [1.807, 2.05) is 0 Å². The molecule has 0 saturated heterocycles. The molecule has 0 aromatic heterocycles. The Labute approximate surface area is 184 Å². The summed E-state index contributed by atoms with van der Waals surface area (Å²) in [6, 6.07) is 0. The molecule has 4 aliphatic rings. The molecule has 0 aromatic rings. The van der Waals surface area contributed by atoms with E-state index >= 15 is 0 Å². The summed E-state index contributed by atoms with van der Waals surface area (Å²) < 4.78 is 0. The van der Waals surface area contributed by atoms with Crippen molar-refractivity contribution in [2.75, 3.05) is 0 Å². The summed E-state index contributed by atoms with van der Waals surface area (Å²) in [4.78, 5) is 0. The fourth-order valence-corrected chi connectivity index (χ4v) is 8.93. The van der Waals surface area contributed by atoms with Crippen molar-refractivity contribution in [2.45, 2.75) is 104 Å². The third kappa shape index (κ3) is 3.61. The van der Waals surface area contributed by atoms with Crippen molar-refractivity contribution in [3.63, 3.8) is 0 Å². The number of hydrogen-bond donors (Lipinski definition) is 3. The molecular weight excluding hydrogens is 372 g/mol. The highest BCUT2D eigenvalue weighted by Gasteiger charge is 2.63. The Morgan fingerprint density at radius 1 is 0.833 bits per heavy atom. The number of aliphatic hydroxyl groups excluding tert-OH is 3. The van der Waals surface area contributed by atoms with Gasteiger partial charge in [0.05, 0.1) is 18.3 Å². The zero-order chi connectivity index (χ0) is 21.8. The molecule has 4 saturated carbocycles. The van der Waals surface area contributed by atoms with Gasteiger partial charge in [-0.1, -0.05) is 46.8 Å². The van der Waals surface area contributed by atoms with Gasteiger partial charge in [-0.05, 0) is 104 Å². The molecule has 0 amide bonds.